The average molecular weight is 461 g/mol. The SMILES string of the molecule is Cc1ccc(-c2cc(-c3ccc(Cl)cc3)c(C#N)c(SCc3ccc(Cl)cc3)n2)cc1. The second kappa shape index (κ2) is 9.58. The van der Waals surface area contributed by atoms with Crippen molar-refractivity contribution < 1.29 is 0 Å². The summed E-state index contributed by atoms with van der Waals surface area (Å²) in [6.45, 7) is 2.06. The van der Waals surface area contributed by atoms with E-state index in [4.69, 9.17) is 28.2 Å². The van der Waals surface area contributed by atoms with Gasteiger partial charge in [-0.1, -0.05) is 77.3 Å². The minimum atomic E-state index is 0.567. The molecule has 31 heavy (non-hydrogen) atoms. The number of aromatic nitrogens is 1. The van der Waals surface area contributed by atoms with Crippen LogP contribution in [0.3, 0.4) is 0 Å². The van der Waals surface area contributed by atoms with Crippen molar-refractivity contribution in [3.63, 3.8) is 0 Å². The third kappa shape index (κ3) is 5.11. The van der Waals surface area contributed by atoms with Crippen molar-refractivity contribution >= 4 is 35.0 Å². The molecule has 1 heterocycles. The van der Waals surface area contributed by atoms with Gasteiger partial charge in [0.05, 0.1) is 11.3 Å². The quantitative estimate of drug-likeness (QED) is 0.281. The first-order chi connectivity index (χ1) is 15.0. The van der Waals surface area contributed by atoms with Crippen LogP contribution in [0.15, 0.2) is 83.9 Å². The summed E-state index contributed by atoms with van der Waals surface area (Å²) in [5.41, 5.74) is 6.51. The smallest absolute Gasteiger partial charge is 0.115 e. The molecule has 0 radical (unpaired) electrons. The number of pyridine rings is 1. The lowest BCUT2D eigenvalue weighted by molar-refractivity contribution is 1.12. The van der Waals surface area contributed by atoms with E-state index in [2.05, 4.69) is 37.3 Å². The normalized spacial score (nSPS) is 10.6. The number of hydrogen-bond donors (Lipinski definition) is 0. The molecule has 0 unspecified atom stereocenters. The Hall–Kier alpha value is -2.77. The molecule has 0 saturated carbocycles. The van der Waals surface area contributed by atoms with Crippen LogP contribution in [0, 0.1) is 18.3 Å². The van der Waals surface area contributed by atoms with Gasteiger partial charge >= 0.3 is 0 Å². The van der Waals surface area contributed by atoms with Gasteiger partial charge in [-0.2, -0.15) is 5.26 Å². The van der Waals surface area contributed by atoms with Crippen LogP contribution in [0.25, 0.3) is 22.4 Å². The fourth-order valence-electron chi connectivity index (χ4n) is 3.20. The van der Waals surface area contributed by atoms with Gasteiger partial charge < -0.3 is 0 Å². The second-order valence-corrected chi connectivity index (χ2v) is 8.97. The molecular formula is C26H18Cl2N2S. The summed E-state index contributed by atoms with van der Waals surface area (Å²) in [4.78, 5) is 4.87. The Balaban J connectivity index is 1.81. The third-order valence-corrected chi connectivity index (χ3v) is 6.44. The third-order valence-electron chi connectivity index (χ3n) is 4.89. The molecule has 4 aromatic rings. The van der Waals surface area contributed by atoms with Crippen molar-refractivity contribution in [3.05, 3.63) is 106 Å². The lowest BCUT2D eigenvalue weighted by Gasteiger charge is -2.13. The monoisotopic (exact) mass is 460 g/mol. The Morgan fingerprint density at radius 2 is 1.42 bits per heavy atom. The van der Waals surface area contributed by atoms with E-state index < -0.39 is 0 Å². The Bertz CT molecular complexity index is 1240. The molecule has 152 valence electrons. The molecule has 3 aromatic carbocycles. The maximum atomic E-state index is 10.00. The first-order valence-electron chi connectivity index (χ1n) is 9.69. The highest BCUT2D eigenvalue weighted by Crippen LogP contribution is 2.36. The Labute approximate surface area is 196 Å². The van der Waals surface area contributed by atoms with Gasteiger partial charge in [0.2, 0.25) is 0 Å². The van der Waals surface area contributed by atoms with Crippen LogP contribution in [0.1, 0.15) is 16.7 Å². The molecule has 4 rings (SSSR count). The van der Waals surface area contributed by atoms with Crippen molar-refractivity contribution in [1.82, 2.24) is 4.98 Å². The maximum absolute atomic E-state index is 10.00. The minimum Gasteiger partial charge on any atom is -0.240 e. The molecule has 2 nitrogen and oxygen atoms in total. The number of thioether (sulfide) groups is 1. The largest absolute Gasteiger partial charge is 0.240 e. The highest BCUT2D eigenvalue weighted by molar-refractivity contribution is 7.98. The fourth-order valence-corrected chi connectivity index (χ4v) is 4.41. The summed E-state index contributed by atoms with van der Waals surface area (Å²) >= 11 is 13.6. The summed E-state index contributed by atoms with van der Waals surface area (Å²) in [5.74, 6) is 0.691. The molecule has 0 fully saturated rings. The number of rotatable bonds is 5. The van der Waals surface area contributed by atoms with Crippen LogP contribution >= 0.6 is 35.0 Å². The van der Waals surface area contributed by atoms with E-state index in [9.17, 15) is 5.26 Å². The number of halogens is 2. The Morgan fingerprint density at radius 3 is 2.03 bits per heavy atom. The van der Waals surface area contributed by atoms with Crippen LogP contribution in [0.2, 0.25) is 10.0 Å². The van der Waals surface area contributed by atoms with Crippen molar-refractivity contribution in [1.29, 1.82) is 5.26 Å². The molecule has 0 aliphatic rings. The molecule has 0 saturated heterocycles. The molecule has 0 bridgehead atoms. The van der Waals surface area contributed by atoms with Crippen molar-refractivity contribution in [2.75, 3.05) is 0 Å². The van der Waals surface area contributed by atoms with Crippen LogP contribution in [0.4, 0.5) is 0 Å². The van der Waals surface area contributed by atoms with Gasteiger partial charge in [0, 0.05) is 26.9 Å². The van der Waals surface area contributed by atoms with Crippen LogP contribution in [-0.2, 0) is 5.75 Å². The van der Waals surface area contributed by atoms with Crippen LogP contribution in [0.5, 0.6) is 0 Å². The van der Waals surface area contributed by atoms with Crippen LogP contribution in [-0.4, -0.2) is 4.98 Å². The topological polar surface area (TPSA) is 36.7 Å². The summed E-state index contributed by atoms with van der Waals surface area (Å²) in [6, 6.07) is 27.9. The zero-order valence-corrected chi connectivity index (χ0v) is 19.1. The van der Waals surface area contributed by atoms with E-state index in [0.717, 1.165) is 27.9 Å². The number of hydrogen-bond acceptors (Lipinski definition) is 3. The number of benzene rings is 3. The van der Waals surface area contributed by atoms with Gasteiger partial charge in [0.1, 0.15) is 11.1 Å². The standard InChI is InChI=1S/C26H18Cl2N2S/c1-17-2-6-20(7-3-17)25-14-23(19-8-12-22(28)13-9-19)24(15-29)26(30-25)31-16-18-4-10-21(27)11-5-18/h2-14H,16H2,1H3. The summed E-state index contributed by atoms with van der Waals surface area (Å²) in [5, 5.41) is 12.1. The van der Waals surface area contributed by atoms with E-state index in [1.165, 1.54) is 5.56 Å². The Morgan fingerprint density at radius 1 is 0.839 bits per heavy atom. The molecule has 0 N–H and O–H groups in total. The van der Waals surface area contributed by atoms with Crippen LogP contribution < -0.4 is 0 Å². The lowest BCUT2D eigenvalue weighted by atomic mass is 9.99. The first-order valence-corrected chi connectivity index (χ1v) is 11.4. The van der Waals surface area contributed by atoms with Gasteiger partial charge in [0.15, 0.2) is 0 Å². The summed E-state index contributed by atoms with van der Waals surface area (Å²) in [7, 11) is 0. The molecule has 0 spiro atoms. The van der Waals surface area contributed by atoms with E-state index in [1.807, 2.05) is 54.6 Å². The molecule has 0 amide bonds. The number of nitriles is 1. The highest BCUT2D eigenvalue weighted by atomic mass is 35.5. The highest BCUT2D eigenvalue weighted by Gasteiger charge is 2.16. The van der Waals surface area contributed by atoms with Crippen molar-refractivity contribution in [3.8, 4) is 28.5 Å². The predicted octanol–water partition coefficient (Wildman–Crippen LogP) is 8.19. The maximum Gasteiger partial charge on any atom is 0.115 e. The average Bonchev–Trinajstić information content (AvgIpc) is 2.79. The van der Waals surface area contributed by atoms with Gasteiger partial charge in [0.25, 0.3) is 0 Å². The molecule has 0 atom stereocenters. The molecule has 1 aromatic heterocycles. The molecule has 0 aliphatic heterocycles. The molecule has 0 aliphatic carbocycles. The number of aryl methyl sites for hydroxylation is 1. The summed E-state index contributed by atoms with van der Waals surface area (Å²) < 4.78 is 0. The van der Waals surface area contributed by atoms with Gasteiger partial charge in [-0.15, -0.1) is 11.8 Å². The molecular weight excluding hydrogens is 443 g/mol. The fraction of sp³-hybridized carbons (Fsp3) is 0.0769. The van der Waals surface area contributed by atoms with Gasteiger partial charge in [-0.3, -0.25) is 0 Å². The van der Waals surface area contributed by atoms with E-state index in [1.54, 1.807) is 11.8 Å². The lowest BCUT2D eigenvalue weighted by Crippen LogP contribution is -1.96. The van der Waals surface area contributed by atoms with Gasteiger partial charge in [-0.25, -0.2) is 4.98 Å². The van der Waals surface area contributed by atoms with Crippen molar-refractivity contribution in [2.45, 2.75) is 17.7 Å². The molecule has 5 heteroatoms. The van der Waals surface area contributed by atoms with Crippen molar-refractivity contribution in [2.24, 2.45) is 0 Å². The Kier molecular flexibility index (Phi) is 6.63. The minimum absolute atomic E-state index is 0.567. The predicted molar refractivity (Wildman–Crippen MR) is 131 cm³/mol. The second-order valence-electron chi connectivity index (χ2n) is 7.14. The van der Waals surface area contributed by atoms with Gasteiger partial charge in [-0.05, 0) is 48.4 Å². The zero-order chi connectivity index (χ0) is 21.8. The number of nitrogens with zero attached hydrogens (tertiary/aromatic N) is 2. The van der Waals surface area contributed by atoms with E-state index >= 15 is 0 Å². The zero-order valence-electron chi connectivity index (χ0n) is 16.8. The van der Waals surface area contributed by atoms with E-state index in [0.29, 0.717) is 26.4 Å². The first kappa shape index (κ1) is 21.5. The summed E-state index contributed by atoms with van der Waals surface area (Å²) in [6.07, 6.45) is 0. The van der Waals surface area contributed by atoms with E-state index in [-0.39, 0.29) is 0 Å².